The maximum Gasteiger partial charge on any atom is 0.266 e. The molecular formula is C30H20N6O6. The molecule has 6 rings (SSSR count). The minimum Gasteiger partial charge on any atom is -0.399 e. The Morgan fingerprint density at radius 3 is 1.19 bits per heavy atom. The summed E-state index contributed by atoms with van der Waals surface area (Å²) in [5, 5.41) is 0. The number of nitrogens with two attached hydrogens (primary N) is 4. The van der Waals surface area contributed by atoms with E-state index in [2.05, 4.69) is 0 Å². The molecule has 12 nitrogen and oxygen atoms in total. The van der Waals surface area contributed by atoms with E-state index >= 15 is 0 Å². The van der Waals surface area contributed by atoms with Crippen molar-refractivity contribution in [2.45, 2.75) is 0 Å². The molecule has 0 unspecified atom stereocenters. The van der Waals surface area contributed by atoms with E-state index in [1.54, 1.807) is 12.1 Å². The molecular weight excluding hydrogens is 540 g/mol. The monoisotopic (exact) mass is 560 g/mol. The lowest BCUT2D eigenvalue weighted by atomic mass is 9.97. The van der Waals surface area contributed by atoms with E-state index in [1.165, 1.54) is 60.7 Å². The zero-order chi connectivity index (χ0) is 30.0. The fraction of sp³-hybridized carbons (Fsp3) is 0. The van der Waals surface area contributed by atoms with E-state index in [-0.39, 0.29) is 56.1 Å². The van der Waals surface area contributed by atoms with Gasteiger partial charge in [0.2, 0.25) is 0 Å². The predicted octanol–water partition coefficient (Wildman–Crippen LogP) is 2.32. The van der Waals surface area contributed by atoms with Crippen LogP contribution in [0.5, 0.6) is 0 Å². The number of rotatable bonds is 5. The molecule has 206 valence electrons. The summed E-state index contributed by atoms with van der Waals surface area (Å²) >= 11 is 0. The number of nitrogens with zero attached hydrogens (tertiary/aromatic N) is 2. The molecule has 0 saturated heterocycles. The summed E-state index contributed by atoms with van der Waals surface area (Å²) in [5.41, 5.74) is 24.1. The van der Waals surface area contributed by atoms with E-state index in [0.29, 0.717) is 11.1 Å². The SMILES string of the molecule is NC(=O)c1cc(N)ccc1N1C(=O)c2ccc(-c3ccc4c(c3)C(=O)N(c3ccc(N)cc3C(N)=O)C4=O)cc2C1=O. The van der Waals surface area contributed by atoms with E-state index in [0.717, 1.165) is 9.80 Å². The number of fused-ring (bicyclic) bond motifs is 2. The molecule has 0 bridgehead atoms. The number of nitrogen functional groups attached to an aromatic ring is 2. The lowest BCUT2D eigenvalue weighted by Gasteiger charge is -2.17. The topological polar surface area (TPSA) is 213 Å². The van der Waals surface area contributed by atoms with Crippen LogP contribution in [0.3, 0.4) is 0 Å². The van der Waals surface area contributed by atoms with Crippen LogP contribution < -0.4 is 32.7 Å². The average Bonchev–Trinajstić information content (AvgIpc) is 3.36. The summed E-state index contributed by atoms with van der Waals surface area (Å²) in [5.74, 6) is -4.36. The average molecular weight is 561 g/mol. The Morgan fingerprint density at radius 1 is 0.476 bits per heavy atom. The summed E-state index contributed by atoms with van der Waals surface area (Å²) in [7, 11) is 0. The summed E-state index contributed by atoms with van der Waals surface area (Å²) in [6.45, 7) is 0. The second kappa shape index (κ2) is 9.13. The third kappa shape index (κ3) is 3.78. The number of imide groups is 2. The first kappa shape index (κ1) is 26.0. The van der Waals surface area contributed by atoms with Crippen molar-refractivity contribution in [3.05, 3.63) is 106 Å². The van der Waals surface area contributed by atoms with Crippen LogP contribution in [0.2, 0.25) is 0 Å². The maximum absolute atomic E-state index is 13.4. The van der Waals surface area contributed by atoms with Gasteiger partial charge in [0.05, 0.1) is 44.8 Å². The Balaban J connectivity index is 1.37. The number of benzene rings is 4. The first-order valence-electron chi connectivity index (χ1n) is 12.4. The van der Waals surface area contributed by atoms with Gasteiger partial charge in [-0.15, -0.1) is 0 Å². The Kier molecular flexibility index (Phi) is 5.64. The van der Waals surface area contributed by atoms with Crippen molar-refractivity contribution >= 4 is 58.2 Å². The molecule has 0 aromatic heterocycles. The van der Waals surface area contributed by atoms with Gasteiger partial charge in [-0.1, -0.05) is 12.1 Å². The lowest BCUT2D eigenvalue weighted by molar-refractivity contribution is 0.0908. The highest BCUT2D eigenvalue weighted by Crippen LogP contribution is 2.37. The van der Waals surface area contributed by atoms with Crippen molar-refractivity contribution < 1.29 is 28.8 Å². The van der Waals surface area contributed by atoms with Crippen molar-refractivity contribution in [3.63, 3.8) is 0 Å². The van der Waals surface area contributed by atoms with Crippen molar-refractivity contribution in [3.8, 4) is 11.1 Å². The molecule has 0 saturated carbocycles. The van der Waals surface area contributed by atoms with E-state index in [4.69, 9.17) is 22.9 Å². The number of amides is 6. The zero-order valence-electron chi connectivity index (χ0n) is 21.6. The van der Waals surface area contributed by atoms with Crippen LogP contribution >= 0.6 is 0 Å². The summed E-state index contributed by atoms with van der Waals surface area (Å²) in [6.07, 6.45) is 0. The Labute approximate surface area is 237 Å². The van der Waals surface area contributed by atoms with Crippen molar-refractivity contribution in [1.82, 2.24) is 0 Å². The third-order valence-corrected chi connectivity index (χ3v) is 7.16. The van der Waals surface area contributed by atoms with Gasteiger partial charge in [0.25, 0.3) is 35.4 Å². The minimum atomic E-state index is -0.858. The highest BCUT2D eigenvalue weighted by molar-refractivity contribution is 6.37. The Morgan fingerprint density at radius 2 is 0.833 bits per heavy atom. The highest BCUT2D eigenvalue weighted by atomic mass is 16.2. The van der Waals surface area contributed by atoms with Crippen molar-refractivity contribution in [2.75, 3.05) is 21.3 Å². The summed E-state index contributed by atoms with van der Waals surface area (Å²) in [4.78, 5) is 79.0. The van der Waals surface area contributed by atoms with Gasteiger partial charge in [-0.3, -0.25) is 28.8 Å². The van der Waals surface area contributed by atoms with Gasteiger partial charge in [-0.2, -0.15) is 0 Å². The first-order chi connectivity index (χ1) is 20.0. The number of carbonyl (C=O) groups excluding carboxylic acids is 6. The van der Waals surface area contributed by atoms with Gasteiger partial charge in [0.1, 0.15) is 0 Å². The van der Waals surface area contributed by atoms with Crippen LogP contribution in [0.25, 0.3) is 11.1 Å². The molecule has 8 N–H and O–H groups in total. The second-order valence-electron chi connectivity index (χ2n) is 9.69. The summed E-state index contributed by atoms with van der Waals surface area (Å²) < 4.78 is 0. The van der Waals surface area contributed by atoms with Gasteiger partial charge in [0, 0.05) is 11.4 Å². The van der Waals surface area contributed by atoms with Crippen LogP contribution in [0, 0.1) is 0 Å². The minimum absolute atomic E-state index is 0.00387. The Hall–Kier alpha value is -6.30. The van der Waals surface area contributed by atoms with E-state index in [9.17, 15) is 28.8 Å². The molecule has 0 aliphatic carbocycles. The van der Waals surface area contributed by atoms with Crippen LogP contribution in [0.1, 0.15) is 62.1 Å². The number of anilines is 4. The Bertz CT molecular complexity index is 1830. The number of hydrogen-bond acceptors (Lipinski definition) is 8. The largest absolute Gasteiger partial charge is 0.399 e. The lowest BCUT2D eigenvalue weighted by Crippen LogP contribution is -2.31. The molecule has 0 fully saturated rings. The number of primary amides is 2. The molecule has 6 amide bonds. The second-order valence-corrected chi connectivity index (χ2v) is 9.69. The number of carbonyl (C=O) groups is 6. The van der Waals surface area contributed by atoms with Gasteiger partial charge in [-0.05, 0) is 71.8 Å². The number of hydrogen-bond donors (Lipinski definition) is 4. The molecule has 0 atom stereocenters. The molecule has 0 spiro atoms. The van der Waals surface area contributed by atoms with Gasteiger partial charge in [0.15, 0.2) is 0 Å². The molecule has 4 aromatic carbocycles. The maximum atomic E-state index is 13.4. The molecule has 2 heterocycles. The molecule has 4 aromatic rings. The van der Waals surface area contributed by atoms with Gasteiger partial charge in [-0.25, -0.2) is 9.80 Å². The normalized spacial score (nSPS) is 13.9. The molecule has 42 heavy (non-hydrogen) atoms. The van der Waals surface area contributed by atoms with Crippen LogP contribution in [-0.2, 0) is 0 Å². The quantitative estimate of drug-likeness (QED) is 0.209. The van der Waals surface area contributed by atoms with Crippen LogP contribution in [0.4, 0.5) is 22.7 Å². The molecule has 12 heteroatoms. The smallest absolute Gasteiger partial charge is 0.266 e. The highest BCUT2D eigenvalue weighted by Gasteiger charge is 2.40. The zero-order valence-corrected chi connectivity index (χ0v) is 21.6. The molecule has 0 radical (unpaired) electrons. The molecule has 2 aliphatic rings. The first-order valence-corrected chi connectivity index (χ1v) is 12.4. The summed E-state index contributed by atoms with van der Waals surface area (Å²) in [6, 6.07) is 17.3. The predicted molar refractivity (Wildman–Crippen MR) is 153 cm³/mol. The fourth-order valence-electron chi connectivity index (χ4n) is 5.17. The van der Waals surface area contributed by atoms with Crippen LogP contribution in [0.15, 0.2) is 72.8 Å². The van der Waals surface area contributed by atoms with Crippen LogP contribution in [-0.4, -0.2) is 35.4 Å². The van der Waals surface area contributed by atoms with Crippen molar-refractivity contribution in [2.24, 2.45) is 11.5 Å². The van der Waals surface area contributed by atoms with Gasteiger partial charge < -0.3 is 22.9 Å². The van der Waals surface area contributed by atoms with Gasteiger partial charge >= 0.3 is 0 Å². The van der Waals surface area contributed by atoms with E-state index in [1.807, 2.05) is 0 Å². The molecule has 2 aliphatic heterocycles. The third-order valence-electron chi connectivity index (χ3n) is 7.16. The fourth-order valence-corrected chi connectivity index (χ4v) is 5.17. The van der Waals surface area contributed by atoms with Crippen molar-refractivity contribution in [1.29, 1.82) is 0 Å². The van der Waals surface area contributed by atoms with E-state index < -0.39 is 35.4 Å². The standard InChI is InChI=1S/C30H20N6O6/c31-15-3-7-23(21(11-15)25(33)37)35-27(39)17-5-1-13(9-19(17)29(35)41)14-2-6-18-20(10-14)30(42)36(28(18)40)24-8-4-16(32)12-22(24)26(34)38/h1-12H,31-32H2,(H2,33,37)(H2,34,38).